The largest absolute Gasteiger partial charge is 0.352 e. The molecule has 2 rings (SSSR count). The van der Waals surface area contributed by atoms with E-state index in [2.05, 4.69) is 20.6 Å². The standard InChI is InChI=1S/C16H21N5O/c1-11-9-12(2)20-16(19-11)21-14-6-3-5-13(10-14)15(22)18-8-4-7-17/h3,5-6,9-10H,4,7-8,17H2,1-2H3,(H,18,22)(H,19,20,21). The van der Waals surface area contributed by atoms with Crippen LogP contribution in [0.2, 0.25) is 0 Å². The normalized spacial score (nSPS) is 10.3. The maximum absolute atomic E-state index is 12.0. The summed E-state index contributed by atoms with van der Waals surface area (Å²) in [7, 11) is 0. The SMILES string of the molecule is Cc1cc(C)nc(Nc2cccc(C(=O)NCCCN)c2)n1. The molecule has 0 saturated heterocycles. The van der Waals surface area contributed by atoms with Crippen molar-refractivity contribution in [3.8, 4) is 0 Å². The number of nitrogens with zero attached hydrogens (tertiary/aromatic N) is 2. The molecule has 0 fully saturated rings. The van der Waals surface area contributed by atoms with Crippen molar-refractivity contribution in [2.24, 2.45) is 5.73 Å². The smallest absolute Gasteiger partial charge is 0.251 e. The summed E-state index contributed by atoms with van der Waals surface area (Å²) in [6.45, 7) is 4.97. The third-order valence-corrected chi connectivity index (χ3v) is 3.03. The van der Waals surface area contributed by atoms with Gasteiger partial charge in [-0.05, 0) is 51.1 Å². The van der Waals surface area contributed by atoms with Gasteiger partial charge in [0.05, 0.1) is 0 Å². The summed E-state index contributed by atoms with van der Waals surface area (Å²) >= 11 is 0. The van der Waals surface area contributed by atoms with E-state index in [1.807, 2.05) is 32.0 Å². The lowest BCUT2D eigenvalue weighted by molar-refractivity contribution is 0.0953. The van der Waals surface area contributed by atoms with Crippen LogP contribution in [0.3, 0.4) is 0 Å². The van der Waals surface area contributed by atoms with Crippen LogP contribution < -0.4 is 16.4 Å². The minimum absolute atomic E-state index is 0.113. The molecule has 0 bridgehead atoms. The minimum atomic E-state index is -0.113. The Morgan fingerprint density at radius 3 is 2.59 bits per heavy atom. The van der Waals surface area contributed by atoms with Gasteiger partial charge in [-0.3, -0.25) is 4.79 Å². The number of amides is 1. The molecule has 116 valence electrons. The van der Waals surface area contributed by atoms with Crippen LogP contribution in [0.1, 0.15) is 28.2 Å². The summed E-state index contributed by atoms with van der Waals surface area (Å²) in [4.78, 5) is 20.7. The maximum atomic E-state index is 12.0. The van der Waals surface area contributed by atoms with Crippen molar-refractivity contribution in [1.29, 1.82) is 0 Å². The van der Waals surface area contributed by atoms with Crippen LogP contribution >= 0.6 is 0 Å². The van der Waals surface area contributed by atoms with Gasteiger partial charge in [0, 0.05) is 29.2 Å². The Labute approximate surface area is 130 Å². The zero-order valence-electron chi connectivity index (χ0n) is 12.9. The molecule has 0 aliphatic heterocycles. The quantitative estimate of drug-likeness (QED) is 0.709. The fourth-order valence-electron chi connectivity index (χ4n) is 2.06. The van der Waals surface area contributed by atoms with E-state index in [9.17, 15) is 4.79 Å². The average molecular weight is 299 g/mol. The third kappa shape index (κ3) is 4.53. The first-order valence-corrected chi connectivity index (χ1v) is 7.26. The Bertz CT molecular complexity index is 636. The highest BCUT2D eigenvalue weighted by atomic mass is 16.1. The van der Waals surface area contributed by atoms with Crippen molar-refractivity contribution in [2.45, 2.75) is 20.3 Å². The van der Waals surface area contributed by atoms with E-state index in [1.54, 1.807) is 12.1 Å². The minimum Gasteiger partial charge on any atom is -0.352 e. The Morgan fingerprint density at radius 1 is 1.18 bits per heavy atom. The number of hydrogen-bond acceptors (Lipinski definition) is 5. The summed E-state index contributed by atoms with van der Waals surface area (Å²) in [6, 6.07) is 9.15. The molecule has 6 nitrogen and oxygen atoms in total. The zero-order valence-corrected chi connectivity index (χ0v) is 12.9. The molecule has 0 aliphatic rings. The average Bonchev–Trinajstić information content (AvgIpc) is 2.46. The van der Waals surface area contributed by atoms with Crippen molar-refractivity contribution in [3.63, 3.8) is 0 Å². The number of nitrogens with two attached hydrogens (primary N) is 1. The lowest BCUT2D eigenvalue weighted by Gasteiger charge is -2.09. The fourth-order valence-corrected chi connectivity index (χ4v) is 2.06. The van der Waals surface area contributed by atoms with Gasteiger partial charge in [-0.15, -0.1) is 0 Å². The van der Waals surface area contributed by atoms with Gasteiger partial charge in [-0.1, -0.05) is 6.07 Å². The molecule has 1 heterocycles. The molecule has 6 heteroatoms. The molecule has 2 aromatic rings. The topological polar surface area (TPSA) is 92.9 Å². The number of carbonyl (C=O) groups is 1. The van der Waals surface area contributed by atoms with Gasteiger partial charge in [0.15, 0.2) is 0 Å². The van der Waals surface area contributed by atoms with E-state index in [0.717, 1.165) is 23.5 Å². The molecule has 22 heavy (non-hydrogen) atoms. The summed E-state index contributed by atoms with van der Waals surface area (Å²) < 4.78 is 0. The first kappa shape index (κ1) is 15.9. The van der Waals surface area contributed by atoms with Gasteiger partial charge in [0.1, 0.15) is 0 Å². The highest BCUT2D eigenvalue weighted by molar-refractivity contribution is 5.95. The number of aromatic nitrogens is 2. The number of nitrogens with one attached hydrogen (secondary N) is 2. The van der Waals surface area contributed by atoms with E-state index >= 15 is 0 Å². The first-order chi connectivity index (χ1) is 10.6. The van der Waals surface area contributed by atoms with Crippen LogP contribution in [-0.2, 0) is 0 Å². The molecule has 0 saturated carbocycles. The van der Waals surface area contributed by atoms with Crippen LogP contribution in [-0.4, -0.2) is 29.0 Å². The number of aryl methyl sites for hydroxylation is 2. The van der Waals surface area contributed by atoms with Crippen LogP contribution in [0.15, 0.2) is 30.3 Å². The van der Waals surface area contributed by atoms with E-state index in [1.165, 1.54) is 0 Å². The molecular formula is C16H21N5O. The second-order valence-electron chi connectivity index (χ2n) is 5.08. The van der Waals surface area contributed by atoms with Crippen molar-refractivity contribution in [1.82, 2.24) is 15.3 Å². The molecule has 4 N–H and O–H groups in total. The first-order valence-electron chi connectivity index (χ1n) is 7.26. The molecule has 1 aromatic heterocycles. The van der Waals surface area contributed by atoms with Crippen LogP contribution in [0.25, 0.3) is 0 Å². The van der Waals surface area contributed by atoms with Crippen LogP contribution in [0.4, 0.5) is 11.6 Å². The van der Waals surface area contributed by atoms with Crippen molar-refractivity contribution in [2.75, 3.05) is 18.4 Å². The van der Waals surface area contributed by atoms with Gasteiger partial charge >= 0.3 is 0 Å². The number of benzene rings is 1. The molecule has 0 unspecified atom stereocenters. The zero-order chi connectivity index (χ0) is 15.9. The summed E-state index contributed by atoms with van der Waals surface area (Å²) in [5.74, 6) is 0.414. The van der Waals surface area contributed by atoms with Crippen LogP contribution in [0.5, 0.6) is 0 Å². The summed E-state index contributed by atoms with van der Waals surface area (Å²) in [5, 5.41) is 5.96. The summed E-state index contributed by atoms with van der Waals surface area (Å²) in [5.41, 5.74) is 8.56. The predicted molar refractivity (Wildman–Crippen MR) is 87.2 cm³/mol. The third-order valence-electron chi connectivity index (χ3n) is 3.03. The Hall–Kier alpha value is -2.47. The molecule has 0 atom stereocenters. The Morgan fingerprint density at radius 2 is 1.91 bits per heavy atom. The highest BCUT2D eigenvalue weighted by Gasteiger charge is 2.06. The monoisotopic (exact) mass is 299 g/mol. The number of hydrogen-bond donors (Lipinski definition) is 3. The molecule has 0 aliphatic carbocycles. The molecule has 0 spiro atoms. The fraction of sp³-hybridized carbons (Fsp3) is 0.312. The second-order valence-corrected chi connectivity index (χ2v) is 5.08. The van der Waals surface area contributed by atoms with E-state index < -0.39 is 0 Å². The lowest BCUT2D eigenvalue weighted by Crippen LogP contribution is -2.25. The van der Waals surface area contributed by atoms with Gasteiger partial charge in [0.2, 0.25) is 5.95 Å². The molecular weight excluding hydrogens is 278 g/mol. The van der Waals surface area contributed by atoms with Crippen molar-refractivity contribution >= 4 is 17.5 Å². The van der Waals surface area contributed by atoms with Crippen molar-refractivity contribution in [3.05, 3.63) is 47.3 Å². The van der Waals surface area contributed by atoms with Gasteiger partial charge in [-0.25, -0.2) is 9.97 Å². The molecule has 1 amide bonds. The Balaban J connectivity index is 2.09. The predicted octanol–water partition coefficient (Wildman–Crippen LogP) is 1.92. The maximum Gasteiger partial charge on any atom is 0.251 e. The van der Waals surface area contributed by atoms with E-state index in [0.29, 0.717) is 24.6 Å². The number of anilines is 2. The number of rotatable bonds is 6. The number of carbonyl (C=O) groups excluding carboxylic acids is 1. The molecule has 0 radical (unpaired) electrons. The van der Waals surface area contributed by atoms with Gasteiger partial charge in [0.25, 0.3) is 5.91 Å². The Kier molecular flexibility index (Phi) is 5.43. The van der Waals surface area contributed by atoms with Crippen molar-refractivity contribution < 1.29 is 4.79 Å². The lowest BCUT2D eigenvalue weighted by atomic mass is 10.2. The van der Waals surface area contributed by atoms with E-state index in [-0.39, 0.29) is 5.91 Å². The molecule has 1 aromatic carbocycles. The van der Waals surface area contributed by atoms with E-state index in [4.69, 9.17) is 5.73 Å². The highest BCUT2D eigenvalue weighted by Crippen LogP contribution is 2.15. The van der Waals surface area contributed by atoms with Crippen LogP contribution in [0, 0.1) is 13.8 Å². The summed E-state index contributed by atoms with van der Waals surface area (Å²) in [6.07, 6.45) is 0.764. The second kappa shape index (κ2) is 7.51. The van der Waals surface area contributed by atoms with Gasteiger partial charge < -0.3 is 16.4 Å². The van der Waals surface area contributed by atoms with Gasteiger partial charge in [-0.2, -0.15) is 0 Å².